The minimum atomic E-state index is -0.566. The van der Waals surface area contributed by atoms with Crippen LogP contribution in [-0.4, -0.2) is 23.5 Å². The van der Waals surface area contributed by atoms with Crippen molar-refractivity contribution in [2.75, 3.05) is 6.54 Å². The van der Waals surface area contributed by atoms with E-state index in [0.717, 1.165) is 5.92 Å². The van der Waals surface area contributed by atoms with Crippen molar-refractivity contribution < 1.29 is 10.0 Å². The van der Waals surface area contributed by atoms with E-state index < -0.39 is 5.92 Å². The summed E-state index contributed by atoms with van der Waals surface area (Å²) < 4.78 is 0. The Bertz CT molecular complexity index is 278. The predicted molar refractivity (Wildman–Crippen MR) is 62.1 cm³/mol. The van der Waals surface area contributed by atoms with Crippen molar-refractivity contribution in [3.05, 3.63) is 0 Å². The number of carbonyl (C=O) groups excluding carboxylic acids is 1. The molecule has 1 rings (SSSR count). The van der Waals surface area contributed by atoms with Gasteiger partial charge in [0, 0.05) is 6.54 Å². The number of carbonyl (C=O) groups is 1. The van der Waals surface area contributed by atoms with Gasteiger partial charge in [0.15, 0.2) is 5.84 Å². The third-order valence-electron chi connectivity index (χ3n) is 3.32. The van der Waals surface area contributed by atoms with E-state index in [0.29, 0.717) is 12.5 Å². The summed E-state index contributed by atoms with van der Waals surface area (Å²) in [5, 5.41) is 14.1. The number of oxime groups is 1. The molecule has 0 aromatic carbocycles. The molecule has 92 valence electrons. The van der Waals surface area contributed by atoms with Gasteiger partial charge >= 0.3 is 0 Å². The molecule has 1 aliphatic rings. The minimum Gasteiger partial charge on any atom is -0.409 e. The highest BCUT2D eigenvalue weighted by Crippen LogP contribution is 2.29. The Morgan fingerprint density at radius 1 is 1.62 bits per heavy atom. The molecule has 4 N–H and O–H groups in total. The zero-order chi connectivity index (χ0) is 12.1. The van der Waals surface area contributed by atoms with Gasteiger partial charge < -0.3 is 16.3 Å². The van der Waals surface area contributed by atoms with Crippen molar-refractivity contribution in [1.29, 1.82) is 0 Å². The molecular weight excluding hydrogens is 206 g/mol. The van der Waals surface area contributed by atoms with Gasteiger partial charge in [0.25, 0.3) is 0 Å². The van der Waals surface area contributed by atoms with Crippen LogP contribution >= 0.6 is 0 Å². The fraction of sp³-hybridized carbons (Fsp3) is 0.818. The normalized spacial score (nSPS) is 27.8. The molecule has 5 nitrogen and oxygen atoms in total. The van der Waals surface area contributed by atoms with E-state index in [4.69, 9.17) is 10.9 Å². The lowest BCUT2D eigenvalue weighted by atomic mass is 10.1. The number of amides is 1. The zero-order valence-electron chi connectivity index (χ0n) is 9.94. The van der Waals surface area contributed by atoms with Crippen LogP contribution in [0.25, 0.3) is 0 Å². The van der Waals surface area contributed by atoms with Gasteiger partial charge in [0.05, 0.1) is 5.92 Å². The molecule has 0 aliphatic heterocycles. The van der Waals surface area contributed by atoms with Gasteiger partial charge in [-0.05, 0) is 31.6 Å². The Balaban J connectivity index is 2.30. The number of hydrogen-bond donors (Lipinski definition) is 3. The minimum absolute atomic E-state index is 0.0442. The van der Waals surface area contributed by atoms with Crippen LogP contribution in [0.15, 0.2) is 5.16 Å². The molecule has 1 fully saturated rings. The zero-order valence-corrected chi connectivity index (χ0v) is 9.94. The van der Waals surface area contributed by atoms with E-state index in [1.54, 1.807) is 6.92 Å². The summed E-state index contributed by atoms with van der Waals surface area (Å²) in [6, 6.07) is 0. The van der Waals surface area contributed by atoms with E-state index in [2.05, 4.69) is 17.4 Å². The molecule has 3 unspecified atom stereocenters. The van der Waals surface area contributed by atoms with E-state index in [1.807, 2.05) is 0 Å². The summed E-state index contributed by atoms with van der Waals surface area (Å²) >= 11 is 0. The van der Waals surface area contributed by atoms with E-state index >= 15 is 0 Å². The molecule has 0 radical (unpaired) electrons. The number of rotatable bonds is 4. The second-order valence-corrected chi connectivity index (χ2v) is 4.78. The van der Waals surface area contributed by atoms with Crippen LogP contribution in [0, 0.1) is 17.8 Å². The lowest BCUT2D eigenvalue weighted by Crippen LogP contribution is -2.39. The Morgan fingerprint density at radius 3 is 2.81 bits per heavy atom. The Labute approximate surface area is 96.1 Å². The van der Waals surface area contributed by atoms with Crippen molar-refractivity contribution >= 4 is 11.7 Å². The fourth-order valence-corrected chi connectivity index (χ4v) is 2.13. The second kappa shape index (κ2) is 5.72. The molecular formula is C11H21N3O2. The van der Waals surface area contributed by atoms with Gasteiger partial charge in [-0.15, -0.1) is 0 Å². The SMILES string of the molecule is CC1CCC(CNC(=O)C(C)C(N)=NO)C1. The summed E-state index contributed by atoms with van der Waals surface area (Å²) in [4.78, 5) is 11.6. The summed E-state index contributed by atoms with van der Waals surface area (Å²) in [7, 11) is 0. The predicted octanol–water partition coefficient (Wildman–Crippen LogP) is 0.921. The standard InChI is InChI=1S/C11H21N3O2/c1-7-3-4-9(5-7)6-13-11(15)8(2)10(12)14-16/h7-9,16H,3-6H2,1-2H3,(H2,12,14)(H,13,15). The highest BCUT2D eigenvalue weighted by atomic mass is 16.4. The highest BCUT2D eigenvalue weighted by molar-refractivity contribution is 6.01. The molecule has 5 heteroatoms. The lowest BCUT2D eigenvalue weighted by Gasteiger charge is -2.14. The average Bonchev–Trinajstić information content (AvgIpc) is 2.69. The van der Waals surface area contributed by atoms with Crippen LogP contribution in [0.3, 0.4) is 0 Å². The Morgan fingerprint density at radius 2 is 2.31 bits per heavy atom. The van der Waals surface area contributed by atoms with Gasteiger partial charge in [-0.1, -0.05) is 18.5 Å². The largest absolute Gasteiger partial charge is 0.409 e. The molecule has 0 aromatic rings. The molecule has 1 amide bonds. The van der Waals surface area contributed by atoms with Crippen LogP contribution in [0.4, 0.5) is 0 Å². The average molecular weight is 227 g/mol. The molecule has 16 heavy (non-hydrogen) atoms. The third kappa shape index (κ3) is 3.40. The van der Waals surface area contributed by atoms with Gasteiger partial charge in [0.1, 0.15) is 0 Å². The highest BCUT2D eigenvalue weighted by Gasteiger charge is 2.23. The first-order valence-corrected chi connectivity index (χ1v) is 5.79. The molecule has 3 atom stereocenters. The van der Waals surface area contributed by atoms with Crippen molar-refractivity contribution in [1.82, 2.24) is 5.32 Å². The van der Waals surface area contributed by atoms with Gasteiger partial charge in [-0.25, -0.2) is 0 Å². The fourth-order valence-electron chi connectivity index (χ4n) is 2.13. The van der Waals surface area contributed by atoms with Crippen LogP contribution < -0.4 is 11.1 Å². The van der Waals surface area contributed by atoms with Gasteiger partial charge in [-0.2, -0.15) is 0 Å². The van der Waals surface area contributed by atoms with E-state index in [9.17, 15) is 4.79 Å². The maximum absolute atomic E-state index is 11.6. The molecule has 0 saturated heterocycles. The molecule has 0 spiro atoms. The van der Waals surface area contributed by atoms with Crippen molar-refractivity contribution in [3.63, 3.8) is 0 Å². The maximum atomic E-state index is 11.6. The van der Waals surface area contributed by atoms with Crippen molar-refractivity contribution in [3.8, 4) is 0 Å². The summed E-state index contributed by atoms with van der Waals surface area (Å²) in [6.45, 7) is 4.56. The first-order valence-electron chi connectivity index (χ1n) is 5.79. The second-order valence-electron chi connectivity index (χ2n) is 4.78. The Kier molecular flexibility index (Phi) is 4.58. The topological polar surface area (TPSA) is 87.7 Å². The van der Waals surface area contributed by atoms with Crippen LogP contribution in [0.2, 0.25) is 0 Å². The summed E-state index contributed by atoms with van der Waals surface area (Å²) in [5.74, 6) is 0.567. The van der Waals surface area contributed by atoms with Crippen molar-refractivity contribution in [2.45, 2.75) is 33.1 Å². The van der Waals surface area contributed by atoms with Gasteiger partial charge in [0.2, 0.25) is 5.91 Å². The van der Waals surface area contributed by atoms with E-state index in [1.165, 1.54) is 19.3 Å². The van der Waals surface area contributed by atoms with Gasteiger partial charge in [-0.3, -0.25) is 4.79 Å². The smallest absolute Gasteiger partial charge is 0.230 e. The third-order valence-corrected chi connectivity index (χ3v) is 3.32. The lowest BCUT2D eigenvalue weighted by molar-refractivity contribution is -0.122. The Hall–Kier alpha value is -1.26. The number of nitrogens with two attached hydrogens (primary N) is 1. The van der Waals surface area contributed by atoms with E-state index in [-0.39, 0.29) is 11.7 Å². The number of hydrogen-bond acceptors (Lipinski definition) is 3. The van der Waals surface area contributed by atoms with Crippen LogP contribution in [0.1, 0.15) is 33.1 Å². The summed E-state index contributed by atoms with van der Waals surface area (Å²) in [5.41, 5.74) is 5.36. The molecule has 1 aliphatic carbocycles. The molecule has 1 saturated carbocycles. The van der Waals surface area contributed by atoms with Crippen LogP contribution in [0.5, 0.6) is 0 Å². The number of nitrogens with one attached hydrogen (secondary N) is 1. The molecule has 0 aromatic heterocycles. The quantitative estimate of drug-likeness (QED) is 0.289. The monoisotopic (exact) mass is 227 g/mol. The maximum Gasteiger partial charge on any atom is 0.230 e. The number of nitrogens with zero attached hydrogens (tertiary/aromatic N) is 1. The van der Waals surface area contributed by atoms with Crippen LogP contribution in [-0.2, 0) is 4.79 Å². The first kappa shape index (κ1) is 12.8. The molecule has 0 bridgehead atoms. The molecule has 0 heterocycles. The first-order chi connectivity index (χ1) is 7.54. The summed E-state index contributed by atoms with van der Waals surface area (Å²) in [6.07, 6.45) is 3.61. The van der Waals surface area contributed by atoms with Crippen molar-refractivity contribution in [2.24, 2.45) is 28.6 Å². The number of amidine groups is 1.